The Labute approximate surface area is 121 Å². The van der Waals surface area contributed by atoms with Gasteiger partial charge in [0.2, 0.25) is 0 Å². The summed E-state index contributed by atoms with van der Waals surface area (Å²) in [7, 11) is 0. The van der Waals surface area contributed by atoms with Gasteiger partial charge in [0.25, 0.3) is 5.91 Å². The Morgan fingerprint density at radius 3 is 2.60 bits per heavy atom. The Hall–Kier alpha value is -1.55. The van der Waals surface area contributed by atoms with Gasteiger partial charge in [-0.1, -0.05) is 18.2 Å². The lowest BCUT2D eigenvalue weighted by molar-refractivity contribution is -0.124. The highest BCUT2D eigenvalue weighted by molar-refractivity contribution is 5.78. The minimum absolute atomic E-state index is 0.0219. The Morgan fingerprint density at radius 2 is 2.05 bits per heavy atom. The molecule has 112 valence electrons. The molecule has 0 radical (unpaired) electrons. The number of aryl methyl sites for hydroxylation is 1. The fourth-order valence-electron chi connectivity index (χ4n) is 2.02. The van der Waals surface area contributed by atoms with E-state index in [-0.39, 0.29) is 24.1 Å². The standard InChI is InChI=1S/C16H26N2O2/c1-11-7-6-8-13(9-12(2)17)15(11)20-10-14(19)18-16(3,4)5/h6-8,12H,9-10,17H2,1-5H3,(H,18,19). The topological polar surface area (TPSA) is 64.3 Å². The number of hydrogen-bond donors (Lipinski definition) is 2. The zero-order valence-electron chi connectivity index (χ0n) is 13.1. The van der Waals surface area contributed by atoms with Gasteiger partial charge in [0.05, 0.1) is 0 Å². The summed E-state index contributed by atoms with van der Waals surface area (Å²) >= 11 is 0. The summed E-state index contributed by atoms with van der Waals surface area (Å²) in [6, 6.07) is 6.01. The maximum Gasteiger partial charge on any atom is 0.258 e. The molecule has 0 aliphatic heterocycles. The molecule has 0 saturated heterocycles. The lowest BCUT2D eigenvalue weighted by Gasteiger charge is -2.21. The van der Waals surface area contributed by atoms with Crippen molar-refractivity contribution in [3.63, 3.8) is 0 Å². The maximum absolute atomic E-state index is 11.8. The Kier molecular flexibility index (Phi) is 5.57. The molecule has 3 N–H and O–H groups in total. The number of nitrogens with two attached hydrogens (primary N) is 1. The number of carbonyl (C=O) groups excluding carboxylic acids is 1. The van der Waals surface area contributed by atoms with E-state index in [1.807, 2.05) is 52.8 Å². The molecule has 1 aromatic carbocycles. The molecule has 1 atom stereocenters. The van der Waals surface area contributed by atoms with Crippen molar-refractivity contribution in [3.8, 4) is 5.75 Å². The highest BCUT2D eigenvalue weighted by Crippen LogP contribution is 2.24. The van der Waals surface area contributed by atoms with E-state index in [1.54, 1.807) is 0 Å². The number of amides is 1. The third kappa shape index (κ3) is 5.61. The highest BCUT2D eigenvalue weighted by atomic mass is 16.5. The second-order valence-corrected chi connectivity index (χ2v) is 6.33. The van der Waals surface area contributed by atoms with E-state index in [2.05, 4.69) is 5.32 Å². The van der Waals surface area contributed by atoms with Crippen LogP contribution < -0.4 is 15.8 Å². The van der Waals surface area contributed by atoms with Crippen LogP contribution >= 0.6 is 0 Å². The van der Waals surface area contributed by atoms with Gasteiger partial charge in [0.15, 0.2) is 6.61 Å². The third-order valence-electron chi connectivity index (χ3n) is 2.70. The number of nitrogens with one attached hydrogen (secondary N) is 1. The highest BCUT2D eigenvalue weighted by Gasteiger charge is 2.15. The smallest absolute Gasteiger partial charge is 0.258 e. The predicted octanol–water partition coefficient (Wildman–Crippen LogP) is 2.18. The number of benzene rings is 1. The van der Waals surface area contributed by atoms with Crippen molar-refractivity contribution in [2.75, 3.05) is 6.61 Å². The molecule has 1 aromatic rings. The van der Waals surface area contributed by atoms with Crippen molar-refractivity contribution in [1.82, 2.24) is 5.32 Å². The summed E-state index contributed by atoms with van der Waals surface area (Å²) in [5, 5.41) is 2.88. The molecule has 0 aromatic heterocycles. The Morgan fingerprint density at radius 1 is 1.40 bits per heavy atom. The lowest BCUT2D eigenvalue weighted by Crippen LogP contribution is -2.43. The van der Waals surface area contributed by atoms with Gasteiger partial charge in [-0.15, -0.1) is 0 Å². The average molecular weight is 278 g/mol. The van der Waals surface area contributed by atoms with Gasteiger partial charge in [-0.2, -0.15) is 0 Å². The molecule has 1 amide bonds. The van der Waals surface area contributed by atoms with Gasteiger partial charge < -0.3 is 15.8 Å². The molecule has 0 aliphatic carbocycles. The molecule has 0 spiro atoms. The monoisotopic (exact) mass is 278 g/mol. The van der Waals surface area contributed by atoms with Crippen molar-refractivity contribution in [2.45, 2.75) is 52.6 Å². The van der Waals surface area contributed by atoms with Crippen LogP contribution in [0.25, 0.3) is 0 Å². The molecule has 0 bridgehead atoms. The molecule has 0 saturated carbocycles. The first-order chi connectivity index (χ1) is 9.19. The van der Waals surface area contributed by atoms with Crippen molar-refractivity contribution < 1.29 is 9.53 Å². The van der Waals surface area contributed by atoms with Gasteiger partial charge in [-0.25, -0.2) is 0 Å². The van der Waals surface area contributed by atoms with Gasteiger partial charge in [0.1, 0.15) is 5.75 Å². The minimum atomic E-state index is -0.249. The molecule has 0 heterocycles. The fourth-order valence-corrected chi connectivity index (χ4v) is 2.02. The van der Waals surface area contributed by atoms with Crippen LogP contribution in [-0.2, 0) is 11.2 Å². The second kappa shape index (κ2) is 6.75. The van der Waals surface area contributed by atoms with Crippen LogP contribution in [0, 0.1) is 6.92 Å². The summed E-state index contributed by atoms with van der Waals surface area (Å²) in [5.74, 6) is 0.654. The molecule has 1 unspecified atom stereocenters. The van der Waals surface area contributed by atoms with Crippen LogP contribution in [0.4, 0.5) is 0 Å². The summed E-state index contributed by atoms with van der Waals surface area (Å²) in [6.45, 7) is 9.79. The average Bonchev–Trinajstić information content (AvgIpc) is 2.24. The second-order valence-electron chi connectivity index (χ2n) is 6.33. The normalized spacial score (nSPS) is 12.9. The van der Waals surface area contributed by atoms with Crippen molar-refractivity contribution in [3.05, 3.63) is 29.3 Å². The van der Waals surface area contributed by atoms with Crippen LogP contribution in [0.1, 0.15) is 38.8 Å². The molecule has 0 fully saturated rings. The minimum Gasteiger partial charge on any atom is -0.483 e. The van der Waals surface area contributed by atoms with E-state index in [0.717, 1.165) is 23.3 Å². The summed E-state index contributed by atoms with van der Waals surface area (Å²) in [6.07, 6.45) is 0.734. The molecular weight excluding hydrogens is 252 g/mol. The molecule has 4 nitrogen and oxygen atoms in total. The molecule has 4 heteroatoms. The van der Waals surface area contributed by atoms with Crippen LogP contribution in [-0.4, -0.2) is 24.1 Å². The number of rotatable bonds is 5. The lowest BCUT2D eigenvalue weighted by atomic mass is 10.0. The van der Waals surface area contributed by atoms with Gasteiger partial charge in [0, 0.05) is 11.6 Å². The van der Waals surface area contributed by atoms with E-state index >= 15 is 0 Å². The van der Waals surface area contributed by atoms with Gasteiger partial charge in [-0.05, 0) is 52.2 Å². The molecule has 20 heavy (non-hydrogen) atoms. The van der Waals surface area contributed by atoms with Crippen LogP contribution in [0.2, 0.25) is 0 Å². The Balaban J connectivity index is 2.74. The van der Waals surface area contributed by atoms with Crippen molar-refractivity contribution in [1.29, 1.82) is 0 Å². The van der Waals surface area contributed by atoms with Crippen molar-refractivity contribution >= 4 is 5.91 Å². The van der Waals surface area contributed by atoms with Gasteiger partial charge >= 0.3 is 0 Å². The first kappa shape index (κ1) is 16.5. The van der Waals surface area contributed by atoms with E-state index in [1.165, 1.54) is 0 Å². The van der Waals surface area contributed by atoms with Crippen LogP contribution in [0.3, 0.4) is 0 Å². The number of para-hydroxylation sites is 1. The fraction of sp³-hybridized carbons (Fsp3) is 0.562. The SMILES string of the molecule is Cc1cccc(CC(C)N)c1OCC(=O)NC(C)(C)C. The third-order valence-corrected chi connectivity index (χ3v) is 2.70. The zero-order valence-corrected chi connectivity index (χ0v) is 13.1. The summed E-state index contributed by atoms with van der Waals surface area (Å²) < 4.78 is 5.71. The first-order valence-electron chi connectivity index (χ1n) is 6.97. The van der Waals surface area contributed by atoms with Crippen molar-refractivity contribution in [2.24, 2.45) is 5.73 Å². The van der Waals surface area contributed by atoms with Crippen LogP contribution in [0.5, 0.6) is 5.75 Å². The predicted molar refractivity (Wildman–Crippen MR) is 81.9 cm³/mol. The molecular formula is C16H26N2O2. The maximum atomic E-state index is 11.8. The van der Waals surface area contributed by atoms with E-state index < -0.39 is 0 Å². The summed E-state index contributed by atoms with van der Waals surface area (Å²) in [5.41, 5.74) is 7.66. The van der Waals surface area contributed by atoms with Gasteiger partial charge in [-0.3, -0.25) is 4.79 Å². The van der Waals surface area contributed by atoms with E-state index in [0.29, 0.717) is 0 Å². The number of hydrogen-bond acceptors (Lipinski definition) is 3. The first-order valence-corrected chi connectivity index (χ1v) is 6.97. The largest absolute Gasteiger partial charge is 0.483 e. The Bertz CT molecular complexity index is 462. The zero-order chi connectivity index (χ0) is 15.3. The van der Waals surface area contributed by atoms with E-state index in [4.69, 9.17) is 10.5 Å². The van der Waals surface area contributed by atoms with Crippen LogP contribution in [0.15, 0.2) is 18.2 Å². The quantitative estimate of drug-likeness (QED) is 0.867. The summed E-state index contributed by atoms with van der Waals surface area (Å²) in [4.78, 5) is 11.8. The number of ether oxygens (including phenoxy) is 1. The molecule has 0 aliphatic rings. The molecule has 1 rings (SSSR count). The van der Waals surface area contributed by atoms with E-state index in [9.17, 15) is 4.79 Å². The number of carbonyl (C=O) groups is 1.